The van der Waals surface area contributed by atoms with Crippen molar-refractivity contribution in [2.75, 3.05) is 32.1 Å². The van der Waals surface area contributed by atoms with Crippen LogP contribution in [-0.4, -0.2) is 42.7 Å². The van der Waals surface area contributed by atoms with Gasteiger partial charge in [-0.2, -0.15) is 0 Å². The van der Waals surface area contributed by atoms with Crippen molar-refractivity contribution in [2.45, 2.75) is 12.3 Å². The van der Waals surface area contributed by atoms with E-state index in [1.54, 1.807) is 11.9 Å². The van der Waals surface area contributed by atoms with Crippen LogP contribution in [0.5, 0.6) is 0 Å². The van der Waals surface area contributed by atoms with Gasteiger partial charge in [0.1, 0.15) is 0 Å². The van der Waals surface area contributed by atoms with Crippen LogP contribution in [-0.2, 0) is 4.79 Å². The quantitative estimate of drug-likeness (QED) is 0.821. The maximum atomic E-state index is 12.2. The van der Waals surface area contributed by atoms with Gasteiger partial charge in [-0.25, -0.2) is 0 Å². The number of aliphatic hydroxyl groups is 1. The Labute approximate surface area is 101 Å². The first-order chi connectivity index (χ1) is 8.24. The van der Waals surface area contributed by atoms with Crippen molar-refractivity contribution in [3.8, 4) is 0 Å². The number of para-hydroxylation sites is 1. The molecule has 92 valence electrons. The number of carbonyl (C=O) groups excluding carboxylic acids is 1. The van der Waals surface area contributed by atoms with Crippen molar-refractivity contribution in [1.82, 2.24) is 4.90 Å². The highest BCUT2D eigenvalue weighted by atomic mass is 16.3. The summed E-state index contributed by atoms with van der Waals surface area (Å²) in [6.07, 6.45) is 0.811. The van der Waals surface area contributed by atoms with Crippen LogP contribution in [0.15, 0.2) is 24.3 Å². The topological polar surface area (TPSA) is 52.6 Å². The van der Waals surface area contributed by atoms with E-state index in [1.807, 2.05) is 24.3 Å². The standard InChI is InChI=1S/C13H18N2O2/c1-15(8-9-16)13(17)11-6-7-14-12-5-3-2-4-10(11)12/h2-5,11,14,16H,6-9H2,1H3. The number of hydrogen-bond donors (Lipinski definition) is 2. The Morgan fingerprint density at radius 2 is 2.29 bits per heavy atom. The minimum Gasteiger partial charge on any atom is -0.395 e. The Balaban J connectivity index is 2.20. The normalized spacial score (nSPS) is 18.1. The summed E-state index contributed by atoms with van der Waals surface area (Å²) in [5.74, 6) is 0.0111. The predicted octanol–water partition coefficient (Wildman–Crippen LogP) is 1.04. The number of nitrogens with zero attached hydrogens (tertiary/aromatic N) is 1. The fraction of sp³-hybridized carbons (Fsp3) is 0.462. The van der Waals surface area contributed by atoms with Crippen LogP contribution in [0.4, 0.5) is 5.69 Å². The van der Waals surface area contributed by atoms with Gasteiger partial charge in [-0.3, -0.25) is 4.79 Å². The van der Waals surface area contributed by atoms with Crippen LogP contribution in [0.1, 0.15) is 17.9 Å². The number of fused-ring (bicyclic) bond motifs is 1. The molecule has 1 aliphatic heterocycles. The average Bonchev–Trinajstić information content (AvgIpc) is 2.37. The van der Waals surface area contributed by atoms with E-state index in [-0.39, 0.29) is 18.4 Å². The molecule has 1 amide bonds. The van der Waals surface area contributed by atoms with Gasteiger partial charge < -0.3 is 15.3 Å². The molecule has 1 heterocycles. The lowest BCUT2D eigenvalue weighted by molar-refractivity contribution is -0.132. The van der Waals surface area contributed by atoms with Gasteiger partial charge in [-0.05, 0) is 18.1 Å². The summed E-state index contributed by atoms with van der Waals surface area (Å²) in [5.41, 5.74) is 2.11. The second kappa shape index (κ2) is 5.19. The molecule has 4 nitrogen and oxygen atoms in total. The molecule has 17 heavy (non-hydrogen) atoms. The van der Waals surface area contributed by atoms with E-state index in [2.05, 4.69) is 5.32 Å². The first kappa shape index (κ1) is 11.9. The zero-order valence-corrected chi connectivity index (χ0v) is 10.0. The zero-order valence-electron chi connectivity index (χ0n) is 10.0. The summed E-state index contributed by atoms with van der Waals surface area (Å²) in [5, 5.41) is 12.2. The van der Waals surface area contributed by atoms with Crippen molar-refractivity contribution in [1.29, 1.82) is 0 Å². The molecule has 0 saturated heterocycles. The molecule has 1 atom stereocenters. The summed E-state index contributed by atoms with van der Waals surface area (Å²) in [7, 11) is 1.74. The van der Waals surface area contributed by atoms with Crippen LogP contribution in [0, 0.1) is 0 Å². The fourth-order valence-corrected chi connectivity index (χ4v) is 2.25. The van der Waals surface area contributed by atoms with Crippen molar-refractivity contribution in [2.24, 2.45) is 0 Å². The second-order valence-electron chi connectivity index (χ2n) is 4.34. The van der Waals surface area contributed by atoms with Gasteiger partial charge in [0, 0.05) is 25.8 Å². The third kappa shape index (κ3) is 2.42. The van der Waals surface area contributed by atoms with Gasteiger partial charge in [0.15, 0.2) is 0 Å². The van der Waals surface area contributed by atoms with E-state index in [1.165, 1.54) is 0 Å². The number of likely N-dealkylation sites (N-methyl/N-ethyl adjacent to an activating group) is 1. The van der Waals surface area contributed by atoms with Gasteiger partial charge in [0.2, 0.25) is 5.91 Å². The van der Waals surface area contributed by atoms with E-state index in [0.29, 0.717) is 6.54 Å². The SMILES string of the molecule is CN(CCO)C(=O)C1CCNc2ccccc21. The lowest BCUT2D eigenvalue weighted by Gasteiger charge is -2.29. The molecule has 1 aliphatic rings. The first-order valence-electron chi connectivity index (χ1n) is 5.92. The Morgan fingerprint density at radius 1 is 1.53 bits per heavy atom. The van der Waals surface area contributed by atoms with E-state index < -0.39 is 0 Å². The fourth-order valence-electron chi connectivity index (χ4n) is 2.25. The summed E-state index contributed by atoms with van der Waals surface area (Å²) >= 11 is 0. The highest BCUT2D eigenvalue weighted by molar-refractivity contribution is 5.86. The molecule has 1 aromatic carbocycles. The molecule has 0 aliphatic carbocycles. The summed E-state index contributed by atoms with van der Waals surface area (Å²) < 4.78 is 0. The van der Waals surface area contributed by atoms with Crippen molar-refractivity contribution < 1.29 is 9.90 Å². The minimum absolute atomic E-state index is 0.00879. The number of aliphatic hydroxyl groups excluding tert-OH is 1. The highest BCUT2D eigenvalue weighted by Crippen LogP contribution is 2.32. The lowest BCUT2D eigenvalue weighted by atomic mass is 9.90. The third-order valence-corrected chi connectivity index (χ3v) is 3.19. The van der Waals surface area contributed by atoms with Gasteiger partial charge in [0.25, 0.3) is 0 Å². The molecular formula is C13H18N2O2. The molecule has 4 heteroatoms. The third-order valence-electron chi connectivity index (χ3n) is 3.19. The van der Waals surface area contributed by atoms with Crippen LogP contribution in [0.2, 0.25) is 0 Å². The van der Waals surface area contributed by atoms with Crippen molar-refractivity contribution >= 4 is 11.6 Å². The Hall–Kier alpha value is -1.55. The van der Waals surface area contributed by atoms with E-state index in [0.717, 1.165) is 24.2 Å². The van der Waals surface area contributed by atoms with Crippen molar-refractivity contribution in [3.63, 3.8) is 0 Å². The molecule has 1 aromatic rings. The Bertz CT molecular complexity index is 406. The molecular weight excluding hydrogens is 216 g/mol. The number of anilines is 1. The predicted molar refractivity (Wildman–Crippen MR) is 67.0 cm³/mol. The Kier molecular flexibility index (Phi) is 3.64. The molecule has 1 unspecified atom stereocenters. The molecule has 0 radical (unpaired) electrons. The molecule has 0 fully saturated rings. The maximum Gasteiger partial charge on any atom is 0.230 e. The monoisotopic (exact) mass is 234 g/mol. The largest absolute Gasteiger partial charge is 0.395 e. The highest BCUT2D eigenvalue weighted by Gasteiger charge is 2.27. The number of rotatable bonds is 3. The lowest BCUT2D eigenvalue weighted by Crippen LogP contribution is -2.36. The summed E-state index contributed by atoms with van der Waals surface area (Å²) in [4.78, 5) is 13.8. The van der Waals surface area contributed by atoms with E-state index in [4.69, 9.17) is 5.11 Å². The summed E-state index contributed by atoms with van der Waals surface area (Å²) in [6, 6.07) is 7.92. The Morgan fingerprint density at radius 3 is 3.06 bits per heavy atom. The molecule has 0 bridgehead atoms. The van der Waals surface area contributed by atoms with Crippen molar-refractivity contribution in [3.05, 3.63) is 29.8 Å². The van der Waals surface area contributed by atoms with Crippen LogP contribution < -0.4 is 5.32 Å². The first-order valence-corrected chi connectivity index (χ1v) is 5.92. The molecule has 0 saturated carbocycles. The molecule has 0 aromatic heterocycles. The molecule has 0 spiro atoms. The number of carbonyl (C=O) groups is 1. The number of amides is 1. The van der Waals surface area contributed by atoms with Gasteiger partial charge in [-0.1, -0.05) is 18.2 Å². The number of benzene rings is 1. The minimum atomic E-state index is -0.0796. The van der Waals surface area contributed by atoms with E-state index in [9.17, 15) is 4.79 Å². The molecule has 2 rings (SSSR count). The van der Waals surface area contributed by atoms with Gasteiger partial charge in [-0.15, -0.1) is 0 Å². The van der Waals surface area contributed by atoms with Gasteiger partial charge >= 0.3 is 0 Å². The smallest absolute Gasteiger partial charge is 0.230 e. The average molecular weight is 234 g/mol. The van der Waals surface area contributed by atoms with Crippen LogP contribution in [0.3, 0.4) is 0 Å². The maximum absolute atomic E-state index is 12.2. The van der Waals surface area contributed by atoms with Gasteiger partial charge in [0.05, 0.1) is 12.5 Å². The molecule has 2 N–H and O–H groups in total. The number of nitrogens with one attached hydrogen (secondary N) is 1. The van der Waals surface area contributed by atoms with Crippen LogP contribution >= 0.6 is 0 Å². The summed E-state index contributed by atoms with van der Waals surface area (Å²) in [6.45, 7) is 1.22. The second-order valence-corrected chi connectivity index (χ2v) is 4.34. The zero-order chi connectivity index (χ0) is 12.3. The number of hydrogen-bond acceptors (Lipinski definition) is 3. The van der Waals surface area contributed by atoms with E-state index >= 15 is 0 Å². The van der Waals surface area contributed by atoms with Crippen LogP contribution in [0.25, 0.3) is 0 Å².